The van der Waals surface area contributed by atoms with Crippen LogP contribution in [0.25, 0.3) is 0 Å². The third-order valence-corrected chi connectivity index (χ3v) is 3.96. The molecule has 0 saturated carbocycles. The lowest BCUT2D eigenvalue weighted by molar-refractivity contribution is 0.688. The number of nitrogens with one attached hydrogen (secondary N) is 1. The molecule has 1 N–H and O–H groups in total. The summed E-state index contributed by atoms with van der Waals surface area (Å²) in [5.74, 6) is 0. The Morgan fingerprint density at radius 1 is 0.870 bits per heavy atom. The molecule has 0 spiro atoms. The quantitative estimate of drug-likeness (QED) is 0.750. The minimum absolute atomic E-state index is 0.105. The summed E-state index contributed by atoms with van der Waals surface area (Å²) in [5, 5.41) is 0.105. The first-order valence-electron chi connectivity index (χ1n) is 7.24. The van der Waals surface area contributed by atoms with Gasteiger partial charge in [-0.25, -0.2) is 4.79 Å². The van der Waals surface area contributed by atoms with Gasteiger partial charge in [-0.15, -0.1) is 0 Å². The van der Waals surface area contributed by atoms with Crippen molar-refractivity contribution in [2.45, 2.75) is 13.0 Å². The molecule has 1 heterocycles. The first-order chi connectivity index (χ1) is 11.1. The number of hydrogen-bond acceptors (Lipinski definition) is 2. The molecule has 0 fully saturated rings. The van der Waals surface area contributed by atoms with Crippen molar-refractivity contribution in [2.24, 2.45) is 0 Å². The van der Waals surface area contributed by atoms with Crippen molar-refractivity contribution in [3.63, 3.8) is 0 Å². The summed E-state index contributed by atoms with van der Waals surface area (Å²) in [6.07, 6.45) is 0.379. The summed E-state index contributed by atoms with van der Waals surface area (Å²) < 4.78 is 1.18. The van der Waals surface area contributed by atoms with Crippen molar-refractivity contribution in [1.29, 1.82) is 0 Å². The maximum Gasteiger partial charge on any atom is 0.329 e. The topological polar surface area (TPSA) is 54.9 Å². The van der Waals surface area contributed by atoms with Crippen molar-refractivity contribution >= 4 is 11.6 Å². The summed E-state index contributed by atoms with van der Waals surface area (Å²) in [6, 6.07) is 18.9. The second-order valence-corrected chi connectivity index (χ2v) is 5.64. The number of halogens is 1. The van der Waals surface area contributed by atoms with Crippen LogP contribution in [-0.2, 0) is 13.0 Å². The maximum atomic E-state index is 12.7. The molecule has 0 atom stereocenters. The Kier molecular flexibility index (Phi) is 4.44. The monoisotopic (exact) mass is 326 g/mol. The number of aromatic amines is 1. The first kappa shape index (κ1) is 15.3. The van der Waals surface area contributed by atoms with Gasteiger partial charge in [-0.1, -0.05) is 72.3 Å². The fourth-order valence-corrected chi connectivity index (χ4v) is 2.68. The van der Waals surface area contributed by atoms with Gasteiger partial charge in [-0.3, -0.25) is 14.3 Å². The van der Waals surface area contributed by atoms with E-state index in [0.717, 1.165) is 11.1 Å². The van der Waals surface area contributed by atoms with Crippen LogP contribution in [0.3, 0.4) is 0 Å². The molecule has 0 saturated heterocycles. The number of H-pyrrole nitrogens is 1. The number of benzene rings is 2. The Balaban J connectivity index is 2.03. The fourth-order valence-electron chi connectivity index (χ4n) is 2.45. The molecule has 3 rings (SSSR count). The summed E-state index contributed by atoms with van der Waals surface area (Å²) in [4.78, 5) is 27.3. The molecule has 0 aliphatic carbocycles. The molecule has 0 bridgehead atoms. The predicted octanol–water partition coefficient (Wildman–Crippen LogP) is 2.83. The van der Waals surface area contributed by atoms with E-state index in [4.69, 9.17) is 11.6 Å². The van der Waals surface area contributed by atoms with Crippen molar-refractivity contribution < 1.29 is 0 Å². The van der Waals surface area contributed by atoms with Gasteiger partial charge in [0.15, 0.2) is 0 Å². The van der Waals surface area contributed by atoms with Crippen molar-refractivity contribution in [1.82, 2.24) is 9.55 Å². The van der Waals surface area contributed by atoms with E-state index in [1.54, 1.807) is 0 Å². The fraction of sp³-hybridized carbons (Fsp3) is 0.111. The molecule has 2 aromatic carbocycles. The summed E-state index contributed by atoms with van der Waals surface area (Å²) in [6.45, 7) is 0.216. The van der Waals surface area contributed by atoms with E-state index in [1.807, 2.05) is 60.7 Å². The molecule has 3 aromatic rings. The van der Waals surface area contributed by atoms with Gasteiger partial charge in [-0.05, 0) is 11.1 Å². The second kappa shape index (κ2) is 6.67. The molecule has 4 nitrogen and oxygen atoms in total. The van der Waals surface area contributed by atoms with Crippen LogP contribution in [0.5, 0.6) is 0 Å². The lowest BCUT2D eigenvalue weighted by atomic mass is 10.1. The van der Waals surface area contributed by atoms with Crippen LogP contribution in [0, 0.1) is 0 Å². The van der Waals surface area contributed by atoms with E-state index in [2.05, 4.69) is 4.98 Å². The van der Waals surface area contributed by atoms with Gasteiger partial charge in [0.2, 0.25) is 0 Å². The second-order valence-electron chi connectivity index (χ2n) is 5.26. The number of hydrogen-bond donors (Lipinski definition) is 1. The van der Waals surface area contributed by atoms with E-state index < -0.39 is 5.69 Å². The summed E-state index contributed by atoms with van der Waals surface area (Å²) in [5.41, 5.74) is 1.39. The number of aromatic nitrogens is 2. The summed E-state index contributed by atoms with van der Waals surface area (Å²) >= 11 is 6.09. The average Bonchev–Trinajstić information content (AvgIpc) is 2.57. The zero-order chi connectivity index (χ0) is 16.2. The third kappa shape index (κ3) is 3.43. The molecule has 5 heteroatoms. The van der Waals surface area contributed by atoms with Crippen LogP contribution in [0.15, 0.2) is 70.3 Å². The van der Waals surface area contributed by atoms with Crippen molar-refractivity contribution in [2.75, 3.05) is 0 Å². The molecule has 23 heavy (non-hydrogen) atoms. The highest BCUT2D eigenvalue weighted by Crippen LogP contribution is 2.12. The van der Waals surface area contributed by atoms with Gasteiger partial charge >= 0.3 is 5.69 Å². The Hall–Kier alpha value is -2.59. The van der Waals surface area contributed by atoms with Gasteiger partial charge in [-0.2, -0.15) is 0 Å². The molecule has 0 unspecified atom stereocenters. The minimum Gasteiger partial charge on any atom is -0.297 e. The van der Waals surface area contributed by atoms with Crippen molar-refractivity contribution in [3.8, 4) is 0 Å². The van der Waals surface area contributed by atoms with Gasteiger partial charge in [0, 0.05) is 6.42 Å². The zero-order valence-corrected chi connectivity index (χ0v) is 13.1. The highest BCUT2D eigenvalue weighted by atomic mass is 35.5. The lowest BCUT2D eigenvalue weighted by Gasteiger charge is -2.09. The number of rotatable bonds is 4. The normalized spacial score (nSPS) is 10.7. The maximum absolute atomic E-state index is 12.7. The average molecular weight is 327 g/mol. The van der Waals surface area contributed by atoms with Gasteiger partial charge in [0.1, 0.15) is 5.15 Å². The smallest absolute Gasteiger partial charge is 0.297 e. The molecule has 0 aliphatic heterocycles. The largest absolute Gasteiger partial charge is 0.329 e. The zero-order valence-electron chi connectivity index (χ0n) is 12.3. The minimum atomic E-state index is -0.499. The molecule has 0 amide bonds. The van der Waals surface area contributed by atoms with E-state index in [-0.39, 0.29) is 17.3 Å². The third-order valence-electron chi connectivity index (χ3n) is 3.64. The molecule has 116 valence electrons. The predicted molar refractivity (Wildman–Crippen MR) is 91.1 cm³/mol. The van der Waals surface area contributed by atoms with E-state index >= 15 is 0 Å². The van der Waals surface area contributed by atoms with Crippen LogP contribution >= 0.6 is 11.6 Å². The van der Waals surface area contributed by atoms with E-state index in [9.17, 15) is 9.59 Å². The van der Waals surface area contributed by atoms with Gasteiger partial charge in [0.25, 0.3) is 5.56 Å². The Bertz CT molecular complexity index is 915. The standard InChI is InChI=1S/C18H15ClN2O2/c19-16-15(11-13-7-3-1-4-8-13)17(22)21(18(23)20-16)12-14-9-5-2-6-10-14/h1-10H,11-12H2,(H,20,23). The molecular formula is C18H15ClN2O2. The SMILES string of the molecule is O=c1[nH]c(Cl)c(Cc2ccccc2)c(=O)n1Cc1ccccc1. The highest BCUT2D eigenvalue weighted by molar-refractivity contribution is 6.30. The lowest BCUT2D eigenvalue weighted by Crippen LogP contribution is -2.37. The van der Waals surface area contributed by atoms with Crippen LogP contribution in [-0.4, -0.2) is 9.55 Å². The van der Waals surface area contributed by atoms with Crippen LogP contribution in [0.4, 0.5) is 0 Å². The highest BCUT2D eigenvalue weighted by Gasteiger charge is 2.13. The molecule has 0 radical (unpaired) electrons. The van der Waals surface area contributed by atoms with Gasteiger partial charge < -0.3 is 0 Å². The van der Waals surface area contributed by atoms with Crippen LogP contribution in [0.1, 0.15) is 16.7 Å². The Labute approximate surface area is 138 Å². The summed E-state index contributed by atoms with van der Waals surface area (Å²) in [7, 11) is 0. The number of nitrogens with zero attached hydrogens (tertiary/aromatic N) is 1. The molecule has 0 aliphatic rings. The van der Waals surface area contributed by atoms with E-state index in [0.29, 0.717) is 12.0 Å². The van der Waals surface area contributed by atoms with Crippen molar-refractivity contribution in [3.05, 3.63) is 103 Å². The van der Waals surface area contributed by atoms with Crippen LogP contribution in [0.2, 0.25) is 5.15 Å². The van der Waals surface area contributed by atoms with Gasteiger partial charge in [0.05, 0.1) is 12.1 Å². The molecule has 1 aromatic heterocycles. The Morgan fingerprint density at radius 3 is 2.04 bits per heavy atom. The van der Waals surface area contributed by atoms with Crippen LogP contribution < -0.4 is 11.2 Å². The first-order valence-corrected chi connectivity index (χ1v) is 7.62. The molecular weight excluding hydrogens is 312 g/mol. The van der Waals surface area contributed by atoms with E-state index in [1.165, 1.54) is 4.57 Å². The Morgan fingerprint density at radius 2 is 1.43 bits per heavy atom.